The van der Waals surface area contributed by atoms with Crippen molar-refractivity contribution in [2.45, 2.75) is 39.5 Å². The van der Waals surface area contributed by atoms with Crippen LogP contribution in [0.25, 0.3) is 0 Å². The zero-order valence-corrected chi connectivity index (χ0v) is 14.6. The van der Waals surface area contributed by atoms with Crippen LogP contribution < -0.4 is 0 Å². The molecule has 0 aromatic carbocycles. The first-order valence-corrected chi connectivity index (χ1v) is 8.24. The molecule has 6 heteroatoms. The molecule has 2 amide bonds. The Kier molecular flexibility index (Phi) is 8.44. The molecule has 1 rings (SSSR count). The summed E-state index contributed by atoms with van der Waals surface area (Å²) in [4.78, 5) is 27.6. The second-order valence-corrected chi connectivity index (χ2v) is 6.11. The van der Waals surface area contributed by atoms with Gasteiger partial charge < -0.3 is 12.9 Å². The third kappa shape index (κ3) is 5.95. The van der Waals surface area contributed by atoms with E-state index in [9.17, 15) is 9.59 Å². The van der Waals surface area contributed by atoms with Gasteiger partial charge in [-0.25, -0.2) is 0 Å². The van der Waals surface area contributed by atoms with E-state index in [2.05, 4.69) is 0 Å². The number of carbonyl (C=O) groups is 2. The summed E-state index contributed by atoms with van der Waals surface area (Å²) in [6.45, 7) is 7.28. The van der Waals surface area contributed by atoms with Gasteiger partial charge in [-0.3, -0.25) is 9.59 Å². The van der Waals surface area contributed by atoms with Gasteiger partial charge in [0.05, 0.1) is 6.61 Å². The van der Waals surface area contributed by atoms with Gasteiger partial charge in [0.25, 0.3) is 0 Å². The standard InChI is InChI=1S/C14H25IN2O3/c1-12(2)14(19)17-9-7-16(8-10-17)13(18)6-4-3-5-11-20-15/h12H,3-11H2,1-2H3. The van der Waals surface area contributed by atoms with E-state index in [-0.39, 0.29) is 17.7 Å². The molecular formula is C14H25IN2O3. The van der Waals surface area contributed by atoms with Crippen LogP contribution in [-0.4, -0.2) is 54.4 Å². The number of piperazine rings is 1. The Hall–Kier alpha value is -0.370. The summed E-state index contributed by atoms with van der Waals surface area (Å²) in [6.07, 6.45) is 3.57. The van der Waals surface area contributed by atoms with Gasteiger partial charge in [0.2, 0.25) is 11.8 Å². The average Bonchev–Trinajstić information content (AvgIpc) is 2.46. The highest BCUT2D eigenvalue weighted by Crippen LogP contribution is 2.10. The fourth-order valence-electron chi connectivity index (χ4n) is 2.31. The van der Waals surface area contributed by atoms with Gasteiger partial charge in [0.15, 0.2) is 0 Å². The highest BCUT2D eigenvalue weighted by atomic mass is 127. The maximum Gasteiger partial charge on any atom is 0.225 e. The minimum Gasteiger partial charge on any atom is -0.339 e. The topological polar surface area (TPSA) is 49.9 Å². The summed E-state index contributed by atoms with van der Waals surface area (Å²) >= 11 is 1.89. The first-order chi connectivity index (χ1) is 9.56. The first kappa shape index (κ1) is 17.7. The van der Waals surface area contributed by atoms with Crippen molar-refractivity contribution in [1.29, 1.82) is 0 Å². The minimum absolute atomic E-state index is 0.0392. The molecule has 1 heterocycles. The van der Waals surface area contributed by atoms with Gasteiger partial charge in [0.1, 0.15) is 23.0 Å². The molecule has 0 aliphatic carbocycles. The number of halogens is 1. The van der Waals surface area contributed by atoms with E-state index in [1.807, 2.05) is 46.7 Å². The van der Waals surface area contributed by atoms with Crippen molar-refractivity contribution in [2.75, 3.05) is 32.8 Å². The maximum atomic E-state index is 12.0. The van der Waals surface area contributed by atoms with Crippen LogP contribution in [0.15, 0.2) is 0 Å². The summed E-state index contributed by atoms with van der Waals surface area (Å²) in [6, 6.07) is 0. The first-order valence-electron chi connectivity index (χ1n) is 7.36. The van der Waals surface area contributed by atoms with E-state index in [1.165, 1.54) is 0 Å². The summed E-state index contributed by atoms with van der Waals surface area (Å²) < 4.78 is 4.96. The van der Waals surface area contributed by atoms with Gasteiger partial charge in [0, 0.05) is 38.5 Å². The van der Waals surface area contributed by atoms with Gasteiger partial charge in [-0.1, -0.05) is 20.3 Å². The highest BCUT2D eigenvalue weighted by molar-refractivity contribution is 14.1. The number of carbonyl (C=O) groups excluding carboxylic acids is 2. The monoisotopic (exact) mass is 396 g/mol. The van der Waals surface area contributed by atoms with Crippen molar-refractivity contribution < 1.29 is 12.7 Å². The lowest BCUT2D eigenvalue weighted by molar-refractivity contribution is -0.141. The van der Waals surface area contributed by atoms with Crippen molar-refractivity contribution in [3.8, 4) is 0 Å². The fraction of sp³-hybridized carbons (Fsp3) is 0.857. The Balaban J connectivity index is 2.20. The highest BCUT2D eigenvalue weighted by Gasteiger charge is 2.24. The van der Waals surface area contributed by atoms with Crippen LogP contribution in [0.1, 0.15) is 39.5 Å². The molecule has 0 radical (unpaired) electrons. The fourth-order valence-corrected chi connectivity index (χ4v) is 2.62. The van der Waals surface area contributed by atoms with Crippen LogP contribution in [0.5, 0.6) is 0 Å². The number of hydrogen-bond acceptors (Lipinski definition) is 3. The molecule has 1 fully saturated rings. The summed E-state index contributed by atoms with van der Waals surface area (Å²) in [5, 5.41) is 0. The Morgan fingerprint density at radius 2 is 1.65 bits per heavy atom. The van der Waals surface area contributed by atoms with E-state index in [0.29, 0.717) is 32.6 Å². The van der Waals surface area contributed by atoms with E-state index < -0.39 is 0 Å². The zero-order valence-electron chi connectivity index (χ0n) is 12.4. The normalized spacial score (nSPS) is 15.8. The smallest absolute Gasteiger partial charge is 0.225 e. The molecule has 20 heavy (non-hydrogen) atoms. The molecule has 0 bridgehead atoms. The van der Waals surface area contributed by atoms with Crippen LogP contribution in [0.3, 0.4) is 0 Å². The van der Waals surface area contributed by atoms with Crippen molar-refractivity contribution in [3.05, 3.63) is 0 Å². The van der Waals surface area contributed by atoms with Crippen LogP contribution in [0, 0.1) is 5.92 Å². The van der Waals surface area contributed by atoms with E-state index in [0.717, 1.165) is 25.9 Å². The molecule has 5 nitrogen and oxygen atoms in total. The number of hydrogen-bond donors (Lipinski definition) is 0. The predicted molar refractivity (Wildman–Crippen MR) is 86.4 cm³/mol. The predicted octanol–water partition coefficient (Wildman–Crippen LogP) is 2.24. The van der Waals surface area contributed by atoms with Crippen LogP contribution in [0.2, 0.25) is 0 Å². The van der Waals surface area contributed by atoms with Gasteiger partial charge >= 0.3 is 0 Å². The van der Waals surface area contributed by atoms with Crippen molar-refractivity contribution in [2.24, 2.45) is 5.92 Å². The molecule has 0 aromatic rings. The van der Waals surface area contributed by atoms with E-state index in [4.69, 9.17) is 3.07 Å². The Morgan fingerprint density at radius 1 is 1.05 bits per heavy atom. The largest absolute Gasteiger partial charge is 0.339 e. The molecule has 0 atom stereocenters. The molecule has 1 aliphatic rings. The summed E-state index contributed by atoms with van der Waals surface area (Å²) in [5.41, 5.74) is 0. The van der Waals surface area contributed by atoms with Gasteiger partial charge in [-0.05, 0) is 12.8 Å². The lowest BCUT2D eigenvalue weighted by atomic mass is 10.1. The third-order valence-electron chi connectivity index (χ3n) is 3.55. The van der Waals surface area contributed by atoms with Gasteiger partial charge in [-0.15, -0.1) is 0 Å². The average molecular weight is 396 g/mol. The summed E-state index contributed by atoms with van der Waals surface area (Å²) in [7, 11) is 0. The molecule has 0 spiro atoms. The van der Waals surface area contributed by atoms with Crippen molar-refractivity contribution in [1.82, 2.24) is 9.80 Å². The molecule has 0 aromatic heterocycles. The molecule has 0 N–H and O–H groups in total. The maximum absolute atomic E-state index is 12.0. The van der Waals surface area contributed by atoms with E-state index in [1.54, 1.807) is 0 Å². The summed E-state index contributed by atoms with van der Waals surface area (Å²) in [5.74, 6) is 0.449. The molecule has 1 aliphatic heterocycles. The van der Waals surface area contributed by atoms with Crippen molar-refractivity contribution >= 4 is 34.8 Å². The second kappa shape index (κ2) is 9.55. The lowest BCUT2D eigenvalue weighted by Gasteiger charge is -2.35. The SMILES string of the molecule is CC(C)C(=O)N1CCN(C(=O)CCCCCOI)CC1. The Morgan fingerprint density at radius 3 is 2.20 bits per heavy atom. The molecular weight excluding hydrogens is 371 g/mol. The van der Waals surface area contributed by atoms with Crippen LogP contribution in [0.4, 0.5) is 0 Å². The number of amides is 2. The van der Waals surface area contributed by atoms with Crippen molar-refractivity contribution in [3.63, 3.8) is 0 Å². The zero-order chi connectivity index (χ0) is 15.0. The number of unbranched alkanes of at least 4 members (excludes halogenated alkanes) is 2. The lowest BCUT2D eigenvalue weighted by Crippen LogP contribution is -2.51. The molecule has 1 saturated heterocycles. The number of nitrogens with zero attached hydrogens (tertiary/aromatic N) is 2. The molecule has 0 saturated carbocycles. The Bertz CT molecular complexity index is 316. The van der Waals surface area contributed by atoms with Gasteiger partial charge in [-0.2, -0.15) is 0 Å². The minimum atomic E-state index is 0.0392. The quantitative estimate of drug-likeness (QED) is 0.490. The number of rotatable bonds is 7. The van der Waals surface area contributed by atoms with Crippen LogP contribution in [-0.2, 0) is 12.7 Å². The Labute approximate surface area is 135 Å². The second-order valence-electron chi connectivity index (χ2n) is 5.48. The molecule has 116 valence electrons. The third-order valence-corrected chi connectivity index (χ3v) is 3.99. The molecule has 0 unspecified atom stereocenters. The van der Waals surface area contributed by atoms with E-state index >= 15 is 0 Å². The van der Waals surface area contributed by atoms with Crippen LogP contribution >= 0.6 is 23.0 Å².